The van der Waals surface area contributed by atoms with Gasteiger partial charge in [0, 0.05) is 30.5 Å². The van der Waals surface area contributed by atoms with Gasteiger partial charge in [-0.2, -0.15) is 4.98 Å². The molecule has 1 aliphatic rings. The molecule has 4 N–H and O–H groups in total. The molecule has 0 bridgehead atoms. The van der Waals surface area contributed by atoms with Crippen molar-refractivity contribution in [1.29, 1.82) is 0 Å². The second kappa shape index (κ2) is 10.9. The monoisotopic (exact) mass is 530 g/mol. The summed E-state index contributed by atoms with van der Waals surface area (Å²) in [5, 5.41) is 6.01. The summed E-state index contributed by atoms with van der Waals surface area (Å²) in [7, 11) is -6.91. The van der Waals surface area contributed by atoms with Crippen molar-refractivity contribution in [2.45, 2.75) is 49.8 Å². The molecule has 0 atom stereocenters. The van der Waals surface area contributed by atoms with Gasteiger partial charge in [-0.05, 0) is 56.0 Å². The molecule has 0 radical (unpaired) electrons. The van der Waals surface area contributed by atoms with Gasteiger partial charge >= 0.3 is 0 Å². The highest BCUT2D eigenvalue weighted by Gasteiger charge is 2.35. The van der Waals surface area contributed by atoms with Crippen LogP contribution in [-0.2, 0) is 26.6 Å². The highest BCUT2D eigenvalue weighted by molar-refractivity contribution is 7.90. The SMILES string of the molecule is CCCNS(=O)(=O)c1ccccc1Nc1ncc(C)c(Nc2ccc(CNS(=O)(=O)C3CC3)cc2)n1. The number of nitrogens with zero attached hydrogens (tertiary/aromatic N) is 2. The summed E-state index contributed by atoms with van der Waals surface area (Å²) in [5.74, 6) is 0.798. The number of anilines is 4. The number of benzene rings is 2. The van der Waals surface area contributed by atoms with E-state index in [4.69, 9.17) is 0 Å². The highest BCUT2D eigenvalue weighted by atomic mass is 32.2. The zero-order valence-corrected chi connectivity index (χ0v) is 21.8. The van der Waals surface area contributed by atoms with Crippen molar-refractivity contribution in [3.8, 4) is 0 Å². The Morgan fingerprint density at radius 3 is 2.36 bits per heavy atom. The average Bonchev–Trinajstić information content (AvgIpc) is 3.71. The molecular formula is C24H30N6O4S2. The van der Waals surface area contributed by atoms with Crippen LogP contribution in [0.3, 0.4) is 0 Å². The van der Waals surface area contributed by atoms with Crippen molar-refractivity contribution in [1.82, 2.24) is 19.4 Å². The second-order valence-corrected chi connectivity index (χ2v) is 12.4. The van der Waals surface area contributed by atoms with Gasteiger partial charge < -0.3 is 10.6 Å². The lowest BCUT2D eigenvalue weighted by Gasteiger charge is -2.14. The van der Waals surface area contributed by atoms with Gasteiger partial charge in [-0.3, -0.25) is 0 Å². The van der Waals surface area contributed by atoms with Gasteiger partial charge in [-0.15, -0.1) is 0 Å². The van der Waals surface area contributed by atoms with Crippen molar-refractivity contribution in [3.05, 3.63) is 65.9 Å². The van der Waals surface area contributed by atoms with Gasteiger partial charge in [0.05, 0.1) is 10.9 Å². The molecule has 12 heteroatoms. The van der Waals surface area contributed by atoms with Gasteiger partial charge in [-0.25, -0.2) is 31.3 Å². The third kappa shape index (κ3) is 6.58. The van der Waals surface area contributed by atoms with E-state index >= 15 is 0 Å². The third-order valence-corrected chi connectivity index (χ3v) is 9.01. The lowest BCUT2D eigenvalue weighted by atomic mass is 10.2. The Morgan fingerprint density at radius 2 is 1.67 bits per heavy atom. The fraction of sp³-hybridized carbons (Fsp3) is 0.333. The lowest BCUT2D eigenvalue weighted by molar-refractivity contribution is 0.579. The number of nitrogens with one attached hydrogen (secondary N) is 4. The molecule has 1 aliphatic carbocycles. The Kier molecular flexibility index (Phi) is 7.88. The zero-order chi connectivity index (χ0) is 25.8. The molecule has 10 nitrogen and oxygen atoms in total. The number of hydrogen-bond acceptors (Lipinski definition) is 8. The molecule has 4 rings (SSSR count). The van der Waals surface area contributed by atoms with E-state index in [1.54, 1.807) is 24.4 Å². The average molecular weight is 531 g/mol. The second-order valence-electron chi connectivity index (χ2n) is 8.63. The number of aryl methyl sites for hydroxylation is 1. The first-order valence-electron chi connectivity index (χ1n) is 11.7. The van der Waals surface area contributed by atoms with Crippen LogP contribution in [0.2, 0.25) is 0 Å². The fourth-order valence-electron chi connectivity index (χ4n) is 3.39. The van der Waals surface area contributed by atoms with Crippen LogP contribution in [0.4, 0.5) is 23.1 Å². The van der Waals surface area contributed by atoms with E-state index in [1.807, 2.05) is 38.1 Å². The molecule has 0 unspecified atom stereocenters. The Labute approximate surface area is 212 Å². The molecule has 1 heterocycles. The molecule has 2 aromatic carbocycles. The highest BCUT2D eigenvalue weighted by Crippen LogP contribution is 2.28. The maximum Gasteiger partial charge on any atom is 0.242 e. The van der Waals surface area contributed by atoms with E-state index < -0.39 is 20.0 Å². The molecule has 0 amide bonds. The van der Waals surface area contributed by atoms with Crippen LogP contribution in [0.5, 0.6) is 0 Å². The van der Waals surface area contributed by atoms with E-state index in [0.29, 0.717) is 24.5 Å². The maximum atomic E-state index is 12.7. The summed E-state index contributed by atoms with van der Waals surface area (Å²) in [6.45, 7) is 4.34. The van der Waals surface area contributed by atoms with Crippen LogP contribution in [0, 0.1) is 6.92 Å². The van der Waals surface area contributed by atoms with E-state index in [1.165, 1.54) is 6.07 Å². The van der Waals surface area contributed by atoms with E-state index in [2.05, 4.69) is 30.0 Å². The molecule has 1 aromatic heterocycles. The van der Waals surface area contributed by atoms with E-state index in [9.17, 15) is 16.8 Å². The van der Waals surface area contributed by atoms with Gasteiger partial charge in [0.1, 0.15) is 10.7 Å². The number of rotatable bonds is 12. The van der Waals surface area contributed by atoms with E-state index in [0.717, 1.165) is 29.7 Å². The van der Waals surface area contributed by atoms with Crippen molar-refractivity contribution in [2.24, 2.45) is 0 Å². The largest absolute Gasteiger partial charge is 0.340 e. The van der Waals surface area contributed by atoms with Gasteiger partial charge in [0.15, 0.2) is 0 Å². The molecule has 0 aliphatic heterocycles. The first-order chi connectivity index (χ1) is 17.2. The summed E-state index contributed by atoms with van der Waals surface area (Å²) >= 11 is 0. The zero-order valence-electron chi connectivity index (χ0n) is 20.2. The fourth-order valence-corrected chi connectivity index (χ4v) is 6.05. The topological polar surface area (TPSA) is 142 Å². The van der Waals surface area contributed by atoms with Gasteiger partial charge in [0.25, 0.3) is 0 Å². The molecule has 36 heavy (non-hydrogen) atoms. The van der Waals surface area contributed by atoms with Gasteiger partial charge in [0.2, 0.25) is 26.0 Å². The normalized spacial score (nSPS) is 13.9. The third-order valence-electron chi connectivity index (χ3n) is 5.59. The number of hydrogen-bond donors (Lipinski definition) is 4. The van der Waals surface area contributed by atoms with Crippen LogP contribution in [-0.4, -0.2) is 38.6 Å². The van der Waals surface area contributed by atoms with Crippen LogP contribution in [0.25, 0.3) is 0 Å². The summed E-state index contributed by atoms with van der Waals surface area (Å²) in [5.41, 5.74) is 2.78. The molecule has 192 valence electrons. The Hall–Kier alpha value is -3.06. The number of sulfonamides is 2. The Bertz CT molecular complexity index is 1420. The first kappa shape index (κ1) is 26.0. The first-order valence-corrected chi connectivity index (χ1v) is 14.7. The number of para-hydroxylation sites is 1. The minimum Gasteiger partial charge on any atom is -0.340 e. The summed E-state index contributed by atoms with van der Waals surface area (Å²) in [6.07, 6.45) is 3.78. The molecule has 0 saturated heterocycles. The quantitative estimate of drug-likeness (QED) is 0.279. The van der Waals surface area contributed by atoms with Crippen LogP contribution in [0.1, 0.15) is 37.3 Å². The minimum absolute atomic E-state index is 0.116. The Balaban J connectivity index is 1.46. The number of aromatic nitrogens is 2. The van der Waals surface area contributed by atoms with Crippen LogP contribution in [0.15, 0.2) is 59.6 Å². The van der Waals surface area contributed by atoms with E-state index in [-0.39, 0.29) is 22.6 Å². The summed E-state index contributed by atoms with van der Waals surface area (Å²) < 4.78 is 54.6. The van der Waals surface area contributed by atoms with Crippen molar-refractivity contribution >= 4 is 43.2 Å². The predicted octanol–water partition coefficient (Wildman–Crippen LogP) is 3.54. The summed E-state index contributed by atoms with van der Waals surface area (Å²) in [4.78, 5) is 8.94. The van der Waals surface area contributed by atoms with Crippen LogP contribution >= 0.6 is 0 Å². The van der Waals surface area contributed by atoms with Gasteiger partial charge in [-0.1, -0.05) is 31.2 Å². The van der Waals surface area contributed by atoms with Crippen molar-refractivity contribution < 1.29 is 16.8 Å². The Morgan fingerprint density at radius 1 is 0.944 bits per heavy atom. The predicted molar refractivity (Wildman–Crippen MR) is 140 cm³/mol. The van der Waals surface area contributed by atoms with Crippen LogP contribution < -0.4 is 20.1 Å². The molecule has 0 spiro atoms. The standard InChI is InChI=1S/C24H30N6O4S2/c1-3-14-26-36(33,34)22-7-5-4-6-21(22)29-24-25-15-17(2)23(30-24)28-19-10-8-18(9-11-19)16-27-35(31,32)20-12-13-20/h4-11,15,20,26-27H,3,12-14,16H2,1-2H3,(H2,25,28,29,30). The lowest BCUT2D eigenvalue weighted by Crippen LogP contribution is -2.26. The molecule has 1 fully saturated rings. The van der Waals surface area contributed by atoms with Crippen molar-refractivity contribution in [3.63, 3.8) is 0 Å². The van der Waals surface area contributed by atoms with Crippen molar-refractivity contribution in [2.75, 3.05) is 17.2 Å². The minimum atomic E-state index is -3.69. The maximum absolute atomic E-state index is 12.7. The molecular weight excluding hydrogens is 500 g/mol. The molecule has 3 aromatic rings. The summed E-state index contributed by atoms with van der Waals surface area (Å²) in [6, 6.07) is 14.0. The smallest absolute Gasteiger partial charge is 0.242 e. The molecule has 1 saturated carbocycles.